The van der Waals surface area contributed by atoms with Crippen LogP contribution in [0.5, 0.6) is 5.88 Å². The van der Waals surface area contributed by atoms with Crippen LogP contribution in [-0.4, -0.2) is 59.4 Å². The van der Waals surface area contributed by atoms with Crippen LogP contribution in [-0.2, 0) is 0 Å². The van der Waals surface area contributed by atoms with Crippen molar-refractivity contribution in [2.24, 2.45) is 5.73 Å². The molecule has 0 bridgehead atoms. The molecule has 1 atom stereocenters. The summed E-state index contributed by atoms with van der Waals surface area (Å²) < 4.78 is 5.22. The lowest BCUT2D eigenvalue weighted by atomic mass is 9.96. The van der Waals surface area contributed by atoms with Crippen LogP contribution in [0.3, 0.4) is 0 Å². The van der Waals surface area contributed by atoms with Gasteiger partial charge in [0, 0.05) is 36.3 Å². The van der Waals surface area contributed by atoms with Crippen molar-refractivity contribution >= 4 is 22.6 Å². The number of hydrogen-bond acceptors (Lipinski definition) is 6. The summed E-state index contributed by atoms with van der Waals surface area (Å²) in [5.74, 6) is 0.380. The summed E-state index contributed by atoms with van der Waals surface area (Å²) in [6, 6.07) is 3.91. The zero-order valence-corrected chi connectivity index (χ0v) is 14.5. The molecule has 3 N–H and O–H groups in total. The molecule has 0 spiro atoms. The van der Waals surface area contributed by atoms with Crippen LogP contribution in [0.1, 0.15) is 24.3 Å². The number of hydrogen-bond donors (Lipinski definition) is 2. The first-order valence-electron chi connectivity index (χ1n) is 8.20. The van der Waals surface area contributed by atoms with E-state index in [9.17, 15) is 5.11 Å². The number of pyridine rings is 2. The predicted octanol–water partition coefficient (Wildman–Crippen LogP) is 1.79. The molecule has 1 aliphatic rings. The van der Waals surface area contributed by atoms with Crippen LogP contribution in [0.4, 0.5) is 0 Å². The van der Waals surface area contributed by atoms with Crippen LogP contribution in [0.25, 0.3) is 11.0 Å². The Morgan fingerprint density at radius 1 is 1.42 bits per heavy atom. The van der Waals surface area contributed by atoms with Crippen LogP contribution in [0.15, 0.2) is 18.3 Å². The van der Waals surface area contributed by atoms with Crippen molar-refractivity contribution in [1.82, 2.24) is 14.9 Å². The molecule has 1 fully saturated rings. The summed E-state index contributed by atoms with van der Waals surface area (Å²) in [6.45, 7) is 2.60. The lowest BCUT2D eigenvalue weighted by Gasteiger charge is -2.32. The number of nitrogens with zero attached hydrogens (tertiary/aromatic N) is 3. The second-order valence-corrected chi connectivity index (χ2v) is 6.67. The molecule has 6 nitrogen and oxygen atoms in total. The van der Waals surface area contributed by atoms with E-state index in [0.29, 0.717) is 16.4 Å². The number of halogens is 1. The molecule has 2 aromatic rings. The fourth-order valence-corrected chi connectivity index (χ4v) is 3.53. The lowest BCUT2D eigenvalue weighted by molar-refractivity contribution is 0.171. The number of aliphatic hydroxyl groups excluding tert-OH is 1. The van der Waals surface area contributed by atoms with Gasteiger partial charge in [0.05, 0.1) is 29.8 Å². The summed E-state index contributed by atoms with van der Waals surface area (Å²) in [7, 11) is 1.58. The molecular weight excluding hydrogens is 328 g/mol. The molecule has 24 heavy (non-hydrogen) atoms. The Morgan fingerprint density at radius 3 is 2.83 bits per heavy atom. The van der Waals surface area contributed by atoms with Crippen LogP contribution >= 0.6 is 11.6 Å². The Hall–Kier alpha value is -1.47. The van der Waals surface area contributed by atoms with Gasteiger partial charge < -0.3 is 20.5 Å². The van der Waals surface area contributed by atoms with E-state index in [-0.39, 0.29) is 18.6 Å². The average molecular weight is 351 g/mol. The highest BCUT2D eigenvalue weighted by Gasteiger charge is 2.24. The summed E-state index contributed by atoms with van der Waals surface area (Å²) in [4.78, 5) is 11.2. The van der Waals surface area contributed by atoms with Crippen molar-refractivity contribution in [3.05, 3.63) is 28.9 Å². The molecule has 0 aromatic carbocycles. The fraction of sp³-hybridized carbons (Fsp3) is 0.529. The Balaban J connectivity index is 1.94. The van der Waals surface area contributed by atoms with Gasteiger partial charge in [-0.3, -0.25) is 4.98 Å². The summed E-state index contributed by atoms with van der Waals surface area (Å²) in [5, 5.41) is 10.5. The fourth-order valence-electron chi connectivity index (χ4n) is 3.23. The van der Waals surface area contributed by atoms with Crippen molar-refractivity contribution in [1.29, 1.82) is 0 Å². The van der Waals surface area contributed by atoms with Gasteiger partial charge in [0.1, 0.15) is 0 Å². The topological polar surface area (TPSA) is 84.5 Å². The first-order chi connectivity index (χ1) is 11.6. The van der Waals surface area contributed by atoms with Gasteiger partial charge in [0.2, 0.25) is 5.88 Å². The molecular formula is C17H23ClN4O2. The zero-order valence-electron chi connectivity index (χ0n) is 13.8. The van der Waals surface area contributed by atoms with Gasteiger partial charge >= 0.3 is 0 Å². The molecule has 7 heteroatoms. The second-order valence-electron chi connectivity index (χ2n) is 6.26. The molecule has 0 saturated carbocycles. The Morgan fingerprint density at radius 2 is 2.17 bits per heavy atom. The summed E-state index contributed by atoms with van der Waals surface area (Å²) in [5.41, 5.74) is 8.24. The number of rotatable bonds is 5. The number of likely N-dealkylation sites (tertiary alicyclic amines) is 1. The molecule has 130 valence electrons. The van der Waals surface area contributed by atoms with Crippen molar-refractivity contribution in [3.63, 3.8) is 0 Å². The molecule has 0 radical (unpaired) electrons. The minimum Gasteiger partial charge on any atom is -0.481 e. The van der Waals surface area contributed by atoms with E-state index < -0.39 is 0 Å². The third kappa shape index (κ3) is 3.62. The third-order valence-corrected chi connectivity index (χ3v) is 4.93. The van der Waals surface area contributed by atoms with Crippen molar-refractivity contribution in [2.75, 3.05) is 33.4 Å². The minimum atomic E-state index is -0.128. The van der Waals surface area contributed by atoms with E-state index in [2.05, 4.69) is 14.9 Å². The third-order valence-electron chi connectivity index (χ3n) is 4.63. The number of aromatic nitrogens is 2. The average Bonchev–Trinajstić information content (AvgIpc) is 2.61. The quantitative estimate of drug-likeness (QED) is 0.855. The Kier molecular flexibility index (Phi) is 5.50. The Labute approximate surface area is 146 Å². The minimum absolute atomic E-state index is 0.000274. The molecule has 1 saturated heterocycles. The van der Waals surface area contributed by atoms with E-state index in [1.54, 1.807) is 19.4 Å². The van der Waals surface area contributed by atoms with Gasteiger partial charge in [-0.15, -0.1) is 0 Å². The summed E-state index contributed by atoms with van der Waals surface area (Å²) in [6.07, 6.45) is 3.59. The maximum absolute atomic E-state index is 9.98. The standard InChI is InChI=1S/C17H23ClN4O2/c1-24-15-3-2-14-17(21-15)16(13(18)8-20-14)11(10-23)9-22-6-4-12(19)5-7-22/h2-3,8,11-12,23H,4-7,9-10,19H2,1H3. The van der Waals surface area contributed by atoms with E-state index in [0.717, 1.165) is 43.6 Å². The maximum atomic E-state index is 9.98. The van der Waals surface area contributed by atoms with Crippen molar-refractivity contribution in [2.45, 2.75) is 24.8 Å². The van der Waals surface area contributed by atoms with Gasteiger partial charge in [0.15, 0.2) is 0 Å². The SMILES string of the molecule is COc1ccc2ncc(Cl)c(C(CO)CN3CCC(N)CC3)c2n1. The number of methoxy groups -OCH3 is 1. The van der Waals surface area contributed by atoms with Gasteiger partial charge in [-0.2, -0.15) is 0 Å². The van der Waals surface area contributed by atoms with Crippen LogP contribution < -0.4 is 10.5 Å². The summed E-state index contributed by atoms with van der Waals surface area (Å²) >= 11 is 6.42. The molecule has 2 aromatic heterocycles. The van der Waals surface area contributed by atoms with E-state index in [1.165, 1.54) is 0 Å². The molecule has 0 aliphatic carbocycles. The number of fused-ring (bicyclic) bond motifs is 1. The number of ether oxygens (including phenoxy) is 1. The van der Waals surface area contributed by atoms with Crippen LogP contribution in [0.2, 0.25) is 5.02 Å². The van der Waals surface area contributed by atoms with Gasteiger partial charge in [-0.25, -0.2) is 4.98 Å². The van der Waals surface area contributed by atoms with Gasteiger partial charge in [-0.1, -0.05) is 11.6 Å². The molecule has 1 aliphatic heterocycles. The van der Waals surface area contributed by atoms with E-state index in [4.69, 9.17) is 22.1 Å². The normalized spacial score (nSPS) is 18.0. The molecule has 1 unspecified atom stereocenters. The monoisotopic (exact) mass is 350 g/mol. The Bertz CT molecular complexity index is 704. The highest BCUT2D eigenvalue weighted by atomic mass is 35.5. The van der Waals surface area contributed by atoms with Crippen molar-refractivity contribution in [3.8, 4) is 5.88 Å². The second kappa shape index (κ2) is 7.61. The first kappa shape index (κ1) is 17.4. The maximum Gasteiger partial charge on any atom is 0.213 e. The lowest BCUT2D eigenvalue weighted by Crippen LogP contribution is -2.41. The number of nitrogens with two attached hydrogens (primary N) is 1. The molecule has 0 amide bonds. The highest BCUT2D eigenvalue weighted by Crippen LogP contribution is 2.32. The number of aliphatic hydroxyl groups is 1. The van der Waals surface area contributed by atoms with Gasteiger partial charge in [-0.05, 0) is 32.0 Å². The molecule has 3 rings (SSSR count). The largest absolute Gasteiger partial charge is 0.481 e. The highest BCUT2D eigenvalue weighted by molar-refractivity contribution is 6.32. The number of piperidine rings is 1. The van der Waals surface area contributed by atoms with Gasteiger partial charge in [0.25, 0.3) is 0 Å². The smallest absolute Gasteiger partial charge is 0.213 e. The zero-order chi connectivity index (χ0) is 17.1. The van der Waals surface area contributed by atoms with Crippen LogP contribution in [0, 0.1) is 0 Å². The van der Waals surface area contributed by atoms with Crippen molar-refractivity contribution < 1.29 is 9.84 Å². The van der Waals surface area contributed by atoms with E-state index >= 15 is 0 Å². The predicted molar refractivity (Wildman–Crippen MR) is 94.6 cm³/mol. The van der Waals surface area contributed by atoms with E-state index in [1.807, 2.05) is 6.07 Å². The first-order valence-corrected chi connectivity index (χ1v) is 8.58. The molecule has 3 heterocycles.